The van der Waals surface area contributed by atoms with Gasteiger partial charge in [0.25, 0.3) is 0 Å². The fourth-order valence-electron chi connectivity index (χ4n) is 1.84. The lowest BCUT2D eigenvalue weighted by molar-refractivity contribution is -0.142. The van der Waals surface area contributed by atoms with E-state index in [1.165, 1.54) is 0 Å². The summed E-state index contributed by atoms with van der Waals surface area (Å²) in [6, 6.07) is -0.624. The summed E-state index contributed by atoms with van der Waals surface area (Å²) >= 11 is 0. The summed E-state index contributed by atoms with van der Waals surface area (Å²) in [6.07, 6.45) is 1.29. The second-order valence-electron chi connectivity index (χ2n) is 3.73. The third-order valence-corrected chi connectivity index (χ3v) is 2.63. The molecular formula is C10H16N2O5. The first-order valence-corrected chi connectivity index (χ1v) is 5.45. The molecule has 1 saturated heterocycles. The number of hydrogen-bond donors (Lipinski definition) is 2. The van der Waals surface area contributed by atoms with Crippen molar-refractivity contribution in [3.8, 4) is 0 Å². The van der Waals surface area contributed by atoms with Crippen LogP contribution in [0.1, 0.15) is 19.8 Å². The van der Waals surface area contributed by atoms with Gasteiger partial charge in [-0.2, -0.15) is 0 Å². The van der Waals surface area contributed by atoms with Gasteiger partial charge in [0.05, 0.1) is 13.2 Å². The Labute approximate surface area is 98.7 Å². The number of carboxylic acids is 1. The Hall–Kier alpha value is -1.63. The monoisotopic (exact) mass is 244 g/mol. The van der Waals surface area contributed by atoms with Gasteiger partial charge in [-0.25, -0.2) is 4.79 Å². The Morgan fingerprint density at radius 1 is 1.53 bits per heavy atom. The van der Waals surface area contributed by atoms with E-state index < -0.39 is 18.0 Å². The lowest BCUT2D eigenvalue weighted by Gasteiger charge is -2.20. The second-order valence-corrected chi connectivity index (χ2v) is 3.73. The fraction of sp³-hybridized carbons (Fsp3) is 0.700. The normalized spacial score (nSPS) is 21.5. The molecule has 0 aromatic rings. The molecule has 0 saturated carbocycles. The summed E-state index contributed by atoms with van der Waals surface area (Å²) in [4.78, 5) is 23.9. The maximum atomic E-state index is 11.4. The topological polar surface area (TPSA) is 99.4 Å². The fourth-order valence-corrected chi connectivity index (χ4v) is 1.84. The Bertz CT molecular complexity index is 329. The highest BCUT2D eigenvalue weighted by molar-refractivity contribution is 6.37. The molecule has 7 heteroatoms. The van der Waals surface area contributed by atoms with E-state index in [9.17, 15) is 9.59 Å². The van der Waals surface area contributed by atoms with Gasteiger partial charge >= 0.3 is 11.9 Å². The average molecular weight is 244 g/mol. The quantitative estimate of drug-likeness (QED) is 0.304. The van der Waals surface area contributed by atoms with Crippen molar-refractivity contribution >= 4 is 17.7 Å². The number of oxime groups is 1. The van der Waals surface area contributed by atoms with Crippen LogP contribution in [-0.2, 0) is 14.3 Å². The van der Waals surface area contributed by atoms with Gasteiger partial charge in [-0.05, 0) is 26.3 Å². The van der Waals surface area contributed by atoms with Crippen LogP contribution in [0.4, 0.5) is 0 Å². The number of esters is 1. The molecule has 7 nitrogen and oxygen atoms in total. The third-order valence-electron chi connectivity index (χ3n) is 2.63. The maximum absolute atomic E-state index is 11.4. The minimum atomic E-state index is -0.927. The van der Waals surface area contributed by atoms with Gasteiger partial charge in [-0.15, -0.1) is 0 Å². The van der Waals surface area contributed by atoms with Crippen molar-refractivity contribution in [1.82, 2.24) is 4.90 Å². The molecule has 0 aromatic heterocycles. The first kappa shape index (κ1) is 13.4. The van der Waals surface area contributed by atoms with Crippen molar-refractivity contribution in [3.05, 3.63) is 0 Å². The van der Waals surface area contributed by atoms with Crippen molar-refractivity contribution in [2.24, 2.45) is 5.16 Å². The molecule has 0 spiro atoms. The third kappa shape index (κ3) is 3.42. The van der Waals surface area contributed by atoms with Crippen LogP contribution < -0.4 is 0 Å². The molecular weight excluding hydrogens is 228 g/mol. The highest BCUT2D eigenvalue weighted by Crippen LogP contribution is 2.17. The molecule has 0 bridgehead atoms. The molecule has 0 aliphatic carbocycles. The molecule has 2 N–H and O–H groups in total. The van der Waals surface area contributed by atoms with Crippen LogP contribution in [-0.4, -0.2) is 58.6 Å². The Morgan fingerprint density at radius 3 is 2.76 bits per heavy atom. The molecule has 1 heterocycles. The summed E-state index contributed by atoms with van der Waals surface area (Å²) in [5.41, 5.74) is -0.167. The summed E-state index contributed by atoms with van der Waals surface area (Å²) < 4.78 is 4.70. The van der Waals surface area contributed by atoms with Crippen LogP contribution in [0.15, 0.2) is 5.16 Å². The van der Waals surface area contributed by atoms with Crippen LogP contribution in [0.3, 0.4) is 0 Å². The number of rotatable bonds is 5. The van der Waals surface area contributed by atoms with E-state index in [0.717, 1.165) is 6.42 Å². The zero-order chi connectivity index (χ0) is 12.8. The van der Waals surface area contributed by atoms with Crippen LogP contribution in [0.25, 0.3) is 0 Å². The van der Waals surface area contributed by atoms with Crippen LogP contribution in [0, 0.1) is 0 Å². The Balaban J connectivity index is 2.62. The highest BCUT2D eigenvalue weighted by Gasteiger charge is 2.32. The van der Waals surface area contributed by atoms with Gasteiger partial charge in [0.2, 0.25) is 0 Å². The first-order valence-electron chi connectivity index (χ1n) is 5.45. The largest absolute Gasteiger partial charge is 0.480 e. The average Bonchev–Trinajstić information content (AvgIpc) is 2.74. The van der Waals surface area contributed by atoms with E-state index in [4.69, 9.17) is 15.1 Å². The summed E-state index contributed by atoms with van der Waals surface area (Å²) in [6.45, 7) is 2.38. The SMILES string of the molecule is CCOC(=O)/C(CN1CCCC1C(=O)O)=N/O. The summed E-state index contributed by atoms with van der Waals surface area (Å²) in [5.74, 6) is -1.64. The summed E-state index contributed by atoms with van der Waals surface area (Å²) in [5, 5.41) is 20.5. The van der Waals surface area contributed by atoms with Crippen LogP contribution in [0.2, 0.25) is 0 Å². The Kier molecular flexibility index (Phi) is 4.89. The van der Waals surface area contributed by atoms with Gasteiger partial charge in [0.15, 0.2) is 5.71 Å². The van der Waals surface area contributed by atoms with Gasteiger partial charge < -0.3 is 15.1 Å². The number of likely N-dealkylation sites (tertiary alicyclic amines) is 1. The molecule has 1 rings (SSSR count). The van der Waals surface area contributed by atoms with Crippen LogP contribution >= 0.6 is 0 Å². The number of hydrogen-bond acceptors (Lipinski definition) is 6. The standard InChI is InChI=1S/C10H16N2O5/c1-2-17-10(15)7(11-16)6-12-5-3-4-8(12)9(13)14/h8,16H,2-6H2,1H3,(H,13,14)/b11-7+. The molecule has 0 aromatic carbocycles. The zero-order valence-electron chi connectivity index (χ0n) is 9.63. The molecule has 1 fully saturated rings. The Morgan fingerprint density at radius 2 is 2.24 bits per heavy atom. The van der Waals surface area contributed by atoms with Gasteiger partial charge in [0, 0.05) is 0 Å². The van der Waals surface area contributed by atoms with Crippen molar-refractivity contribution in [2.45, 2.75) is 25.8 Å². The van der Waals surface area contributed by atoms with Crippen molar-refractivity contribution in [3.63, 3.8) is 0 Å². The first-order chi connectivity index (χ1) is 8.10. The van der Waals surface area contributed by atoms with E-state index >= 15 is 0 Å². The predicted octanol–water partition coefficient (Wildman–Crippen LogP) is -0.0713. The maximum Gasteiger partial charge on any atom is 0.357 e. The molecule has 1 aliphatic rings. The molecule has 1 aliphatic heterocycles. The van der Waals surface area contributed by atoms with E-state index in [-0.39, 0.29) is 18.9 Å². The molecule has 0 radical (unpaired) electrons. The smallest absolute Gasteiger partial charge is 0.357 e. The van der Waals surface area contributed by atoms with E-state index in [1.807, 2.05) is 0 Å². The highest BCUT2D eigenvalue weighted by atomic mass is 16.5. The van der Waals surface area contributed by atoms with Gasteiger partial charge in [-0.3, -0.25) is 9.69 Å². The second kappa shape index (κ2) is 6.19. The summed E-state index contributed by atoms with van der Waals surface area (Å²) in [7, 11) is 0. The predicted molar refractivity (Wildman–Crippen MR) is 58.1 cm³/mol. The van der Waals surface area contributed by atoms with Gasteiger partial charge in [-0.1, -0.05) is 5.16 Å². The van der Waals surface area contributed by atoms with Crippen molar-refractivity contribution in [2.75, 3.05) is 19.7 Å². The van der Waals surface area contributed by atoms with Gasteiger partial charge in [0.1, 0.15) is 6.04 Å². The van der Waals surface area contributed by atoms with E-state index in [2.05, 4.69) is 5.16 Å². The molecule has 17 heavy (non-hydrogen) atoms. The number of aliphatic carboxylic acids is 1. The minimum absolute atomic E-state index is 0.00764. The van der Waals surface area contributed by atoms with E-state index in [0.29, 0.717) is 13.0 Å². The number of carbonyl (C=O) groups excluding carboxylic acids is 1. The number of nitrogens with zero attached hydrogens (tertiary/aromatic N) is 2. The number of carbonyl (C=O) groups is 2. The zero-order valence-corrected chi connectivity index (χ0v) is 9.63. The number of ether oxygens (including phenoxy) is 1. The molecule has 1 unspecified atom stereocenters. The van der Waals surface area contributed by atoms with E-state index in [1.54, 1.807) is 11.8 Å². The molecule has 96 valence electrons. The van der Waals surface area contributed by atoms with Crippen molar-refractivity contribution in [1.29, 1.82) is 0 Å². The lowest BCUT2D eigenvalue weighted by Crippen LogP contribution is -2.41. The van der Waals surface area contributed by atoms with Crippen molar-refractivity contribution < 1.29 is 24.6 Å². The number of carboxylic acid groups (broad SMARTS) is 1. The molecule has 0 amide bonds. The minimum Gasteiger partial charge on any atom is -0.480 e. The van der Waals surface area contributed by atoms with Crippen LogP contribution in [0.5, 0.6) is 0 Å². The lowest BCUT2D eigenvalue weighted by atomic mass is 10.2. The molecule has 1 atom stereocenters.